The second-order valence-corrected chi connectivity index (χ2v) is 5.32. The quantitative estimate of drug-likeness (QED) is 0.931. The van der Waals surface area contributed by atoms with Gasteiger partial charge in [0.15, 0.2) is 0 Å². The number of benzene rings is 1. The molecule has 0 spiro atoms. The van der Waals surface area contributed by atoms with Crippen molar-refractivity contribution in [1.29, 1.82) is 5.26 Å². The van der Waals surface area contributed by atoms with Gasteiger partial charge in [-0.05, 0) is 37.0 Å². The van der Waals surface area contributed by atoms with Crippen LogP contribution in [0.25, 0.3) is 0 Å². The Hall–Kier alpha value is -2.61. The van der Waals surface area contributed by atoms with Gasteiger partial charge in [-0.25, -0.2) is 4.68 Å². The fourth-order valence-corrected chi connectivity index (χ4v) is 2.33. The second kappa shape index (κ2) is 5.80. The minimum absolute atomic E-state index is 0.137. The third-order valence-corrected chi connectivity index (χ3v) is 3.73. The van der Waals surface area contributed by atoms with Gasteiger partial charge in [-0.15, -0.1) is 0 Å². The lowest BCUT2D eigenvalue weighted by Crippen LogP contribution is -2.29. The van der Waals surface area contributed by atoms with E-state index in [4.69, 9.17) is 5.26 Å². The molecule has 2 aromatic rings. The van der Waals surface area contributed by atoms with E-state index in [1.54, 1.807) is 24.4 Å². The Morgan fingerprint density at radius 3 is 2.90 bits per heavy atom. The van der Waals surface area contributed by atoms with Crippen molar-refractivity contribution in [1.82, 2.24) is 9.78 Å². The zero-order chi connectivity index (χ0) is 14.7. The van der Waals surface area contributed by atoms with Gasteiger partial charge in [0.05, 0.1) is 30.1 Å². The Labute approximate surface area is 122 Å². The highest BCUT2D eigenvalue weighted by Gasteiger charge is 2.17. The first-order chi connectivity index (χ1) is 10.2. The number of rotatable bonds is 4. The molecule has 0 bridgehead atoms. The Bertz CT molecular complexity index is 740. The maximum atomic E-state index is 12.1. The van der Waals surface area contributed by atoms with Crippen molar-refractivity contribution in [3.63, 3.8) is 0 Å². The van der Waals surface area contributed by atoms with Gasteiger partial charge in [0, 0.05) is 12.1 Å². The summed E-state index contributed by atoms with van der Waals surface area (Å²) in [6.07, 6.45) is 5.25. The molecule has 1 aliphatic rings. The van der Waals surface area contributed by atoms with Crippen LogP contribution in [0.15, 0.2) is 41.3 Å². The standard InChI is InChI=1S/C16H16N4O/c17-9-12-3-1-4-13(7-12)11-20-16(21)8-15(10-18-20)19-14-5-2-6-14/h1,3-4,7-8,10,14,19H,2,5-6,11H2. The van der Waals surface area contributed by atoms with Crippen molar-refractivity contribution < 1.29 is 0 Å². The van der Waals surface area contributed by atoms with Crippen molar-refractivity contribution in [2.45, 2.75) is 31.8 Å². The van der Waals surface area contributed by atoms with Crippen molar-refractivity contribution in [3.8, 4) is 6.07 Å². The van der Waals surface area contributed by atoms with Crippen LogP contribution in [0.5, 0.6) is 0 Å². The normalized spacial score (nSPS) is 14.2. The molecule has 1 aromatic heterocycles. The number of aromatic nitrogens is 2. The predicted molar refractivity (Wildman–Crippen MR) is 80.0 cm³/mol. The first kappa shape index (κ1) is 13.4. The molecule has 1 aromatic carbocycles. The van der Waals surface area contributed by atoms with Gasteiger partial charge < -0.3 is 5.32 Å². The number of nitrogens with one attached hydrogen (secondary N) is 1. The summed E-state index contributed by atoms with van der Waals surface area (Å²) < 4.78 is 1.41. The van der Waals surface area contributed by atoms with E-state index in [2.05, 4.69) is 16.5 Å². The minimum atomic E-state index is -0.137. The lowest BCUT2D eigenvalue weighted by atomic mass is 9.93. The number of anilines is 1. The van der Waals surface area contributed by atoms with Gasteiger partial charge in [-0.2, -0.15) is 10.4 Å². The second-order valence-electron chi connectivity index (χ2n) is 5.32. The molecule has 0 amide bonds. The molecule has 5 nitrogen and oxygen atoms in total. The Morgan fingerprint density at radius 2 is 2.24 bits per heavy atom. The van der Waals surface area contributed by atoms with Crippen LogP contribution in [0, 0.1) is 11.3 Å². The van der Waals surface area contributed by atoms with Gasteiger partial charge in [-0.3, -0.25) is 4.79 Å². The first-order valence-corrected chi connectivity index (χ1v) is 7.07. The monoisotopic (exact) mass is 280 g/mol. The third-order valence-electron chi connectivity index (χ3n) is 3.73. The minimum Gasteiger partial charge on any atom is -0.381 e. The summed E-state index contributed by atoms with van der Waals surface area (Å²) in [5.74, 6) is 0. The highest BCUT2D eigenvalue weighted by atomic mass is 16.1. The first-order valence-electron chi connectivity index (χ1n) is 7.07. The van der Waals surface area contributed by atoms with Crippen LogP contribution in [0.4, 0.5) is 5.69 Å². The average Bonchev–Trinajstić information content (AvgIpc) is 2.46. The average molecular weight is 280 g/mol. The number of hydrogen-bond acceptors (Lipinski definition) is 4. The van der Waals surface area contributed by atoms with Gasteiger partial charge >= 0.3 is 0 Å². The van der Waals surface area contributed by atoms with Crippen LogP contribution in [0.3, 0.4) is 0 Å². The molecule has 1 heterocycles. The van der Waals surface area contributed by atoms with Crippen molar-refractivity contribution in [3.05, 3.63) is 58.0 Å². The zero-order valence-corrected chi connectivity index (χ0v) is 11.6. The molecule has 0 saturated heterocycles. The maximum Gasteiger partial charge on any atom is 0.269 e. The zero-order valence-electron chi connectivity index (χ0n) is 11.6. The smallest absolute Gasteiger partial charge is 0.269 e. The van der Waals surface area contributed by atoms with Crippen LogP contribution in [-0.4, -0.2) is 15.8 Å². The topological polar surface area (TPSA) is 70.7 Å². The van der Waals surface area contributed by atoms with Crippen LogP contribution in [0.1, 0.15) is 30.4 Å². The van der Waals surface area contributed by atoms with Crippen LogP contribution >= 0.6 is 0 Å². The molecule has 1 fully saturated rings. The third kappa shape index (κ3) is 3.11. The highest BCUT2D eigenvalue weighted by Crippen LogP contribution is 2.22. The van der Waals surface area contributed by atoms with Gasteiger partial charge in [-0.1, -0.05) is 12.1 Å². The van der Waals surface area contributed by atoms with Crippen LogP contribution < -0.4 is 10.9 Å². The van der Waals surface area contributed by atoms with Crippen molar-refractivity contribution in [2.75, 3.05) is 5.32 Å². The van der Waals surface area contributed by atoms with E-state index >= 15 is 0 Å². The van der Waals surface area contributed by atoms with Crippen molar-refractivity contribution in [2.24, 2.45) is 0 Å². The molecule has 0 aliphatic heterocycles. The fourth-order valence-electron chi connectivity index (χ4n) is 2.33. The molecule has 5 heteroatoms. The van der Waals surface area contributed by atoms with Crippen molar-refractivity contribution >= 4 is 5.69 Å². The summed E-state index contributed by atoms with van der Waals surface area (Å²) in [5.41, 5.74) is 2.13. The summed E-state index contributed by atoms with van der Waals surface area (Å²) in [5, 5.41) is 16.4. The van der Waals surface area contributed by atoms with Crippen LogP contribution in [0.2, 0.25) is 0 Å². The molecule has 0 atom stereocenters. The molecule has 0 unspecified atom stereocenters. The molecular formula is C16H16N4O. The van der Waals surface area contributed by atoms with E-state index < -0.39 is 0 Å². The molecule has 3 rings (SSSR count). The van der Waals surface area contributed by atoms with Gasteiger partial charge in [0.1, 0.15) is 0 Å². The molecule has 21 heavy (non-hydrogen) atoms. The number of nitrogens with zero attached hydrogens (tertiary/aromatic N) is 3. The summed E-state index contributed by atoms with van der Waals surface area (Å²) in [7, 11) is 0. The molecule has 106 valence electrons. The van der Waals surface area contributed by atoms with E-state index in [9.17, 15) is 4.79 Å². The predicted octanol–water partition coefficient (Wildman–Crippen LogP) is 2.13. The summed E-state index contributed by atoms with van der Waals surface area (Å²) >= 11 is 0. The lowest BCUT2D eigenvalue weighted by molar-refractivity contribution is 0.445. The van der Waals surface area contributed by atoms with Gasteiger partial charge in [0.25, 0.3) is 5.56 Å². The highest BCUT2D eigenvalue weighted by molar-refractivity contribution is 5.40. The molecule has 1 saturated carbocycles. The SMILES string of the molecule is N#Cc1cccc(Cn2ncc(NC3CCC3)cc2=O)c1. The van der Waals surface area contributed by atoms with Crippen LogP contribution in [-0.2, 0) is 6.54 Å². The van der Waals surface area contributed by atoms with E-state index in [-0.39, 0.29) is 5.56 Å². The van der Waals surface area contributed by atoms with E-state index in [0.29, 0.717) is 18.2 Å². The lowest BCUT2D eigenvalue weighted by Gasteiger charge is -2.27. The molecule has 1 aliphatic carbocycles. The fraction of sp³-hybridized carbons (Fsp3) is 0.312. The summed E-state index contributed by atoms with van der Waals surface area (Å²) in [4.78, 5) is 12.1. The Kier molecular flexibility index (Phi) is 3.69. The molecule has 1 N–H and O–H groups in total. The number of nitriles is 1. The number of hydrogen-bond donors (Lipinski definition) is 1. The molecular weight excluding hydrogens is 264 g/mol. The van der Waals surface area contributed by atoms with Gasteiger partial charge in [0.2, 0.25) is 0 Å². The van der Waals surface area contributed by atoms with E-state index in [0.717, 1.165) is 24.1 Å². The largest absolute Gasteiger partial charge is 0.381 e. The van der Waals surface area contributed by atoms with E-state index in [1.165, 1.54) is 11.1 Å². The maximum absolute atomic E-state index is 12.1. The molecule has 0 radical (unpaired) electrons. The Balaban J connectivity index is 1.76. The Morgan fingerprint density at radius 1 is 1.38 bits per heavy atom. The summed E-state index contributed by atoms with van der Waals surface area (Å²) in [6, 6.07) is 11.4. The van der Waals surface area contributed by atoms with E-state index in [1.807, 2.05) is 12.1 Å². The summed E-state index contributed by atoms with van der Waals surface area (Å²) in [6.45, 7) is 0.373.